The highest BCUT2D eigenvalue weighted by molar-refractivity contribution is 9.10. The van der Waals surface area contributed by atoms with Crippen molar-refractivity contribution >= 4 is 39.1 Å². The second kappa shape index (κ2) is 6.95. The zero-order valence-electron chi connectivity index (χ0n) is 11.4. The molecule has 0 bridgehead atoms. The molecule has 0 heterocycles. The summed E-state index contributed by atoms with van der Waals surface area (Å²) >= 11 is 15.5. The van der Waals surface area contributed by atoms with Crippen LogP contribution in [0, 0.1) is 6.92 Å². The normalized spacial score (nSPS) is 12.4. The highest BCUT2D eigenvalue weighted by Crippen LogP contribution is 2.27. The van der Waals surface area contributed by atoms with Gasteiger partial charge in [-0.05, 0) is 61.3 Å². The number of halogens is 3. The van der Waals surface area contributed by atoms with Crippen molar-refractivity contribution in [3.63, 3.8) is 0 Å². The first-order valence-electron chi connectivity index (χ1n) is 6.38. The van der Waals surface area contributed by atoms with Gasteiger partial charge in [0.15, 0.2) is 0 Å². The first-order chi connectivity index (χ1) is 9.51. The molecule has 0 amide bonds. The summed E-state index contributed by atoms with van der Waals surface area (Å²) in [7, 11) is 1.98. The summed E-state index contributed by atoms with van der Waals surface area (Å²) in [5.41, 5.74) is 3.72. The SMILES string of the molecule is CNC(Cc1ccc(Cl)c(Cl)c1)c1ccc(Br)cc1C. The predicted molar refractivity (Wildman–Crippen MR) is 90.8 cm³/mol. The van der Waals surface area contributed by atoms with Crippen molar-refractivity contribution < 1.29 is 0 Å². The van der Waals surface area contributed by atoms with Crippen LogP contribution < -0.4 is 5.32 Å². The molecule has 2 aromatic rings. The van der Waals surface area contributed by atoms with Gasteiger partial charge in [-0.25, -0.2) is 0 Å². The van der Waals surface area contributed by atoms with Gasteiger partial charge in [0.1, 0.15) is 0 Å². The summed E-state index contributed by atoms with van der Waals surface area (Å²) in [6.07, 6.45) is 0.871. The zero-order chi connectivity index (χ0) is 14.7. The lowest BCUT2D eigenvalue weighted by Gasteiger charge is -2.19. The van der Waals surface area contributed by atoms with Crippen LogP contribution in [0.3, 0.4) is 0 Å². The topological polar surface area (TPSA) is 12.0 Å². The van der Waals surface area contributed by atoms with Crippen molar-refractivity contribution in [2.45, 2.75) is 19.4 Å². The largest absolute Gasteiger partial charge is 0.313 e. The lowest BCUT2D eigenvalue weighted by atomic mass is 9.95. The molecule has 1 atom stereocenters. The quantitative estimate of drug-likeness (QED) is 0.739. The highest BCUT2D eigenvalue weighted by Gasteiger charge is 2.13. The van der Waals surface area contributed by atoms with E-state index in [1.54, 1.807) is 0 Å². The Kier molecular flexibility index (Phi) is 5.50. The molecule has 1 unspecified atom stereocenters. The third kappa shape index (κ3) is 3.76. The van der Waals surface area contributed by atoms with Gasteiger partial charge in [-0.2, -0.15) is 0 Å². The van der Waals surface area contributed by atoms with Gasteiger partial charge >= 0.3 is 0 Å². The van der Waals surface area contributed by atoms with E-state index in [2.05, 4.69) is 46.4 Å². The van der Waals surface area contributed by atoms with E-state index >= 15 is 0 Å². The minimum Gasteiger partial charge on any atom is -0.313 e. The first kappa shape index (κ1) is 15.8. The van der Waals surface area contributed by atoms with Crippen molar-refractivity contribution in [2.75, 3.05) is 7.05 Å². The van der Waals surface area contributed by atoms with Gasteiger partial charge in [0, 0.05) is 10.5 Å². The molecule has 106 valence electrons. The Labute approximate surface area is 138 Å². The zero-order valence-corrected chi connectivity index (χ0v) is 14.5. The second-order valence-corrected chi connectivity index (χ2v) is 6.52. The minimum atomic E-state index is 0.250. The maximum absolute atomic E-state index is 6.08. The fourth-order valence-electron chi connectivity index (χ4n) is 2.30. The fraction of sp³-hybridized carbons (Fsp3) is 0.250. The Morgan fingerprint density at radius 2 is 1.85 bits per heavy atom. The molecule has 0 spiro atoms. The number of aryl methyl sites for hydroxylation is 1. The second-order valence-electron chi connectivity index (χ2n) is 4.79. The van der Waals surface area contributed by atoms with Crippen LogP contribution >= 0.6 is 39.1 Å². The van der Waals surface area contributed by atoms with Crippen LogP contribution in [0.5, 0.6) is 0 Å². The number of likely N-dealkylation sites (N-methyl/N-ethyl adjacent to an activating group) is 1. The fourth-order valence-corrected chi connectivity index (χ4v) is 3.10. The monoisotopic (exact) mass is 371 g/mol. The summed E-state index contributed by atoms with van der Waals surface area (Å²) in [6.45, 7) is 2.12. The maximum Gasteiger partial charge on any atom is 0.0595 e. The number of hydrogen-bond acceptors (Lipinski definition) is 1. The standard InChI is InChI=1S/C16H16BrCl2N/c1-10-7-12(17)4-5-13(10)16(20-2)9-11-3-6-14(18)15(19)8-11/h3-8,16,20H,9H2,1-2H3. The van der Waals surface area contributed by atoms with Crippen molar-refractivity contribution in [2.24, 2.45) is 0 Å². The van der Waals surface area contributed by atoms with Crippen molar-refractivity contribution in [3.05, 3.63) is 67.6 Å². The molecule has 1 N–H and O–H groups in total. The third-order valence-corrected chi connectivity index (χ3v) is 4.61. The van der Waals surface area contributed by atoms with E-state index in [0.29, 0.717) is 10.0 Å². The Bertz CT molecular complexity index is 613. The minimum absolute atomic E-state index is 0.250. The van der Waals surface area contributed by atoms with Crippen LogP contribution in [0.4, 0.5) is 0 Å². The molecule has 0 saturated heterocycles. The van der Waals surface area contributed by atoms with Gasteiger partial charge in [-0.15, -0.1) is 0 Å². The van der Waals surface area contributed by atoms with Gasteiger partial charge in [0.05, 0.1) is 10.0 Å². The van der Waals surface area contributed by atoms with Crippen LogP contribution in [-0.2, 0) is 6.42 Å². The molecule has 0 radical (unpaired) electrons. The number of hydrogen-bond donors (Lipinski definition) is 1. The summed E-state index contributed by atoms with van der Waals surface area (Å²) in [4.78, 5) is 0. The third-order valence-electron chi connectivity index (χ3n) is 3.38. The van der Waals surface area contributed by atoms with Gasteiger partial charge in [-0.3, -0.25) is 0 Å². The lowest BCUT2D eigenvalue weighted by Crippen LogP contribution is -2.19. The van der Waals surface area contributed by atoms with Crippen LogP contribution in [-0.4, -0.2) is 7.05 Å². The van der Waals surface area contributed by atoms with Crippen LogP contribution in [0.25, 0.3) is 0 Å². The van der Waals surface area contributed by atoms with E-state index in [1.807, 2.05) is 25.2 Å². The Balaban J connectivity index is 2.26. The van der Waals surface area contributed by atoms with E-state index in [1.165, 1.54) is 16.7 Å². The molecule has 1 nitrogen and oxygen atoms in total. The summed E-state index contributed by atoms with van der Waals surface area (Å²) in [5.74, 6) is 0. The number of nitrogens with one attached hydrogen (secondary N) is 1. The number of rotatable bonds is 4. The van der Waals surface area contributed by atoms with E-state index < -0.39 is 0 Å². The Morgan fingerprint density at radius 1 is 1.10 bits per heavy atom. The number of benzene rings is 2. The molecule has 20 heavy (non-hydrogen) atoms. The first-order valence-corrected chi connectivity index (χ1v) is 7.93. The average molecular weight is 373 g/mol. The van der Waals surface area contributed by atoms with Gasteiger partial charge in [0.2, 0.25) is 0 Å². The summed E-state index contributed by atoms with van der Waals surface area (Å²) < 4.78 is 1.10. The van der Waals surface area contributed by atoms with E-state index in [0.717, 1.165) is 10.9 Å². The smallest absolute Gasteiger partial charge is 0.0595 e. The summed E-state index contributed by atoms with van der Waals surface area (Å²) in [5, 5.41) is 4.57. The van der Waals surface area contributed by atoms with Gasteiger partial charge in [-0.1, -0.05) is 51.3 Å². The van der Waals surface area contributed by atoms with Gasteiger partial charge in [0.25, 0.3) is 0 Å². The molecular weight excluding hydrogens is 357 g/mol. The molecule has 0 aromatic heterocycles. The molecule has 0 saturated carbocycles. The van der Waals surface area contributed by atoms with Gasteiger partial charge < -0.3 is 5.32 Å². The molecule has 2 aromatic carbocycles. The molecule has 0 aliphatic heterocycles. The molecule has 2 rings (SSSR count). The van der Waals surface area contributed by atoms with E-state index in [-0.39, 0.29) is 6.04 Å². The lowest BCUT2D eigenvalue weighted by molar-refractivity contribution is 0.589. The van der Waals surface area contributed by atoms with Crippen molar-refractivity contribution in [1.82, 2.24) is 5.32 Å². The average Bonchev–Trinajstić information content (AvgIpc) is 2.41. The van der Waals surface area contributed by atoms with Crippen LogP contribution in [0.15, 0.2) is 40.9 Å². The molecule has 4 heteroatoms. The van der Waals surface area contributed by atoms with Crippen molar-refractivity contribution in [3.8, 4) is 0 Å². The van der Waals surface area contributed by atoms with E-state index in [4.69, 9.17) is 23.2 Å². The summed E-state index contributed by atoms with van der Waals surface area (Å²) in [6, 6.07) is 12.4. The molecule has 0 aliphatic carbocycles. The highest BCUT2D eigenvalue weighted by atomic mass is 79.9. The molecule has 0 fully saturated rings. The van der Waals surface area contributed by atoms with Crippen LogP contribution in [0.2, 0.25) is 10.0 Å². The maximum atomic E-state index is 6.08. The van der Waals surface area contributed by atoms with Crippen molar-refractivity contribution in [1.29, 1.82) is 0 Å². The molecule has 0 aliphatic rings. The Morgan fingerprint density at radius 3 is 2.45 bits per heavy atom. The Hall–Kier alpha value is -0.540. The van der Waals surface area contributed by atoms with Crippen LogP contribution in [0.1, 0.15) is 22.7 Å². The molecular formula is C16H16BrCl2N. The van der Waals surface area contributed by atoms with E-state index in [9.17, 15) is 0 Å². The predicted octanol–water partition coefficient (Wildman–Crippen LogP) is 5.57.